The average Bonchev–Trinajstić information content (AvgIpc) is 2.75. The van der Waals surface area contributed by atoms with Gasteiger partial charge in [0.25, 0.3) is 0 Å². The van der Waals surface area contributed by atoms with Crippen LogP contribution in [-0.4, -0.2) is 39.5 Å². The Morgan fingerprint density at radius 3 is 2.56 bits per heavy atom. The standard InChI is InChI=1S/C11H18N4O/c1-3-9-10(4-2)13-14-11(12-9)15-6-5-8(16)7-15/h8,16H,3-7H2,1-2H3. The fraction of sp³-hybridized carbons (Fsp3) is 0.727. The van der Waals surface area contributed by atoms with Gasteiger partial charge in [-0.2, -0.15) is 5.10 Å². The highest BCUT2D eigenvalue weighted by Gasteiger charge is 2.23. The molecule has 5 heteroatoms. The van der Waals surface area contributed by atoms with Crippen LogP contribution in [0.1, 0.15) is 31.7 Å². The molecule has 0 spiro atoms. The molecule has 5 nitrogen and oxygen atoms in total. The maximum atomic E-state index is 9.47. The van der Waals surface area contributed by atoms with E-state index < -0.39 is 0 Å². The number of anilines is 1. The molecule has 1 unspecified atom stereocenters. The molecule has 16 heavy (non-hydrogen) atoms. The number of aryl methyl sites for hydroxylation is 2. The van der Waals surface area contributed by atoms with Gasteiger partial charge in [0, 0.05) is 13.1 Å². The summed E-state index contributed by atoms with van der Waals surface area (Å²) in [6.45, 7) is 5.57. The summed E-state index contributed by atoms with van der Waals surface area (Å²) in [4.78, 5) is 6.52. The minimum Gasteiger partial charge on any atom is -0.391 e. The number of aliphatic hydroxyl groups is 1. The Balaban J connectivity index is 2.22. The molecular formula is C11H18N4O. The van der Waals surface area contributed by atoms with Crippen LogP contribution in [0, 0.1) is 0 Å². The Morgan fingerprint density at radius 1 is 1.25 bits per heavy atom. The molecule has 0 amide bonds. The number of aliphatic hydroxyl groups excluding tert-OH is 1. The molecule has 1 aliphatic heterocycles. The van der Waals surface area contributed by atoms with Crippen LogP contribution in [0.15, 0.2) is 0 Å². The average molecular weight is 222 g/mol. The summed E-state index contributed by atoms with van der Waals surface area (Å²) in [6, 6.07) is 0. The monoisotopic (exact) mass is 222 g/mol. The Kier molecular flexibility index (Phi) is 3.33. The number of nitrogens with zero attached hydrogens (tertiary/aromatic N) is 4. The first-order chi connectivity index (χ1) is 7.74. The van der Waals surface area contributed by atoms with Crippen molar-refractivity contribution in [1.29, 1.82) is 0 Å². The highest BCUT2D eigenvalue weighted by atomic mass is 16.3. The van der Waals surface area contributed by atoms with Crippen molar-refractivity contribution in [2.45, 2.75) is 39.2 Å². The third-order valence-electron chi connectivity index (χ3n) is 2.94. The first-order valence-electron chi connectivity index (χ1n) is 5.90. The van der Waals surface area contributed by atoms with Crippen LogP contribution in [0.2, 0.25) is 0 Å². The van der Waals surface area contributed by atoms with Crippen LogP contribution in [0.5, 0.6) is 0 Å². The zero-order valence-electron chi connectivity index (χ0n) is 9.85. The normalized spacial score (nSPS) is 20.4. The van der Waals surface area contributed by atoms with Gasteiger partial charge in [0.1, 0.15) is 0 Å². The first-order valence-corrected chi connectivity index (χ1v) is 5.90. The van der Waals surface area contributed by atoms with Crippen molar-refractivity contribution in [3.8, 4) is 0 Å². The predicted molar refractivity (Wildman–Crippen MR) is 61.4 cm³/mol. The van der Waals surface area contributed by atoms with E-state index in [1.165, 1.54) is 0 Å². The van der Waals surface area contributed by atoms with Gasteiger partial charge < -0.3 is 10.0 Å². The molecule has 88 valence electrons. The van der Waals surface area contributed by atoms with E-state index in [0.29, 0.717) is 12.5 Å². The Bertz CT molecular complexity index is 369. The second-order valence-electron chi connectivity index (χ2n) is 4.10. The molecular weight excluding hydrogens is 204 g/mol. The molecule has 1 saturated heterocycles. The third kappa shape index (κ3) is 2.14. The van der Waals surface area contributed by atoms with Crippen molar-refractivity contribution in [1.82, 2.24) is 15.2 Å². The van der Waals surface area contributed by atoms with Gasteiger partial charge in [-0.3, -0.25) is 0 Å². The van der Waals surface area contributed by atoms with Crippen molar-refractivity contribution in [3.05, 3.63) is 11.4 Å². The maximum Gasteiger partial charge on any atom is 0.245 e. The van der Waals surface area contributed by atoms with Crippen molar-refractivity contribution in [3.63, 3.8) is 0 Å². The summed E-state index contributed by atoms with van der Waals surface area (Å²) in [7, 11) is 0. The van der Waals surface area contributed by atoms with Crippen molar-refractivity contribution in [2.75, 3.05) is 18.0 Å². The largest absolute Gasteiger partial charge is 0.391 e. The van der Waals surface area contributed by atoms with Gasteiger partial charge in [-0.05, 0) is 19.3 Å². The molecule has 1 N–H and O–H groups in total. The van der Waals surface area contributed by atoms with E-state index in [1.54, 1.807) is 0 Å². The van der Waals surface area contributed by atoms with Gasteiger partial charge in [-0.15, -0.1) is 5.10 Å². The van der Waals surface area contributed by atoms with Crippen LogP contribution in [-0.2, 0) is 12.8 Å². The highest BCUT2D eigenvalue weighted by Crippen LogP contribution is 2.16. The zero-order valence-corrected chi connectivity index (χ0v) is 9.85. The van der Waals surface area contributed by atoms with E-state index in [4.69, 9.17) is 0 Å². The fourth-order valence-corrected chi connectivity index (χ4v) is 1.99. The van der Waals surface area contributed by atoms with Crippen molar-refractivity contribution >= 4 is 5.95 Å². The summed E-state index contributed by atoms with van der Waals surface area (Å²) in [5, 5.41) is 17.8. The molecule has 0 radical (unpaired) electrons. The molecule has 1 atom stereocenters. The summed E-state index contributed by atoms with van der Waals surface area (Å²) in [5.41, 5.74) is 2.00. The molecule has 1 aromatic rings. The quantitative estimate of drug-likeness (QED) is 0.810. The van der Waals surface area contributed by atoms with Gasteiger partial charge in [-0.1, -0.05) is 13.8 Å². The van der Waals surface area contributed by atoms with Crippen molar-refractivity contribution in [2.24, 2.45) is 0 Å². The molecule has 1 fully saturated rings. The number of rotatable bonds is 3. The lowest BCUT2D eigenvalue weighted by molar-refractivity contribution is 0.198. The third-order valence-corrected chi connectivity index (χ3v) is 2.94. The van der Waals surface area contributed by atoms with Gasteiger partial charge in [0.2, 0.25) is 5.95 Å². The lowest BCUT2D eigenvalue weighted by Crippen LogP contribution is -2.24. The van der Waals surface area contributed by atoms with Crippen LogP contribution in [0.3, 0.4) is 0 Å². The Morgan fingerprint density at radius 2 is 2.00 bits per heavy atom. The fourth-order valence-electron chi connectivity index (χ4n) is 1.99. The topological polar surface area (TPSA) is 62.1 Å². The van der Waals surface area contributed by atoms with E-state index in [2.05, 4.69) is 29.0 Å². The van der Waals surface area contributed by atoms with E-state index in [1.807, 2.05) is 4.90 Å². The van der Waals surface area contributed by atoms with E-state index in [-0.39, 0.29) is 6.10 Å². The SMILES string of the molecule is CCc1nnc(N2CCC(O)C2)nc1CC. The Hall–Kier alpha value is -1.23. The summed E-state index contributed by atoms with van der Waals surface area (Å²) < 4.78 is 0. The molecule has 0 aliphatic carbocycles. The maximum absolute atomic E-state index is 9.47. The van der Waals surface area contributed by atoms with Gasteiger partial charge in [-0.25, -0.2) is 4.98 Å². The lowest BCUT2D eigenvalue weighted by atomic mass is 10.2. The lowest BCUT2D eigenvalue weighted by Gasteiger charge is -2.15. The van der Waals surface area contributed by atoms with Crippen molar-refractivity contribution < 1.29 is 5.11 Å². The molecule has 1 aliphatic rings. The molecule has 0 saturated carbocycles. The molecule has 0 aromatic carbocycles. The van der Waals surface area contributed by atoms with Crippen LogP contribution >= 0.6 is 0 Å². The van der Waals surface area contributed by atoms with Gasteiger partial charge in [0.05, 0.1) is 17.5 Å². The van der Waals surface area contributed by atoms with Crippen LogP contribution in [0.4, 0.5) is 5.95 Å². The summed E-state index contributed by atoms with van der Waals surface area (Å²) >= 11 is 0. The first kappa shape index (κ1) is 11.3. The second-order valence-corrected chi connectivity index (χ2v) is 4.10. The Labute approximate surface area is 95.5 Å². The van der Waals surface area contributed by atoms with Crippen LogP contribution in [0.25, 0.3) is 0 Å². The highest BCUT2D eigenvalue weighted by molar-refractivity contribution is 5.32. The van der Waals surface area contributed by atoms with E-state index >= 15 is 0 Å². The number of hydrogen-bond donors (Lipinski definition) is 1. The van der Waals surface area contributed by atoms with Gasteiger partial charge >= 0.3 is 0 Å². The summed E-state index contributed by atoms with van der Waals surface area (Å²) in [5.74, 6) is 0.658. The predicted octanol–water partition coefficient (Wildman–Crippen LogP) is 0.567. The zero-order chi connectivity index (χ0) is 11.5. The smallest absolute Gasteiger partial charge is 0.245 e. The minimum atomic E-state index is -0.250. The minimum absolute atomic E-state index is 0.250. The second kappa shape index (κ2) is 4.74. The number of β-amino-alcohol motifs (C(OH)–C–C–N with tert-alkyl or cyclic N) is 1. The summed E-state index contributed by atoms with van der Waals surface area (Å²) in [6.07, 6.45) is 2.29. The molecule has 0 bridgehead atoms. The van der Waals surface area contributed by atoms with Crippen LogP contribution < -0.4 is 4.90 Å². The molecule has 1 aromatic heterocycles. The number of hydrogen-bond acceptors (Lipinski definition) is 5. The molecule has 2 rings (SSSR count). The van der Waals surface area contributed by atoms with Gasteiger partial charge in [0.15, 0.2) is 0 Å². The number of aromatic nitrogens is 3. The van der Waals surface area contributed by atoms with E-state index in [0.717, 1.165) is 37.2 Å². The molecule has 2 heterocycles. The van der Waals surface area contributed by atoms with E-state index in [9.17, 15) is 5.11 Å².